The molecule has 0 amide bonds. The predicted molar refractivity (Wildman–Crippen MR) is 139 cm³/mol. The van der Waals surface area contributed by atoms with Crippen molar-refractivity contribution in [3.8, 4) is 12.1 Å². The summed E-state index contributed by atoms with van der Waals surface area (Å²) in [6.45, 7) is 3.20. The Bertz CT molecular complexity index is 1400. The normalized spacial score (nSPS) is 19.4. The fraction of sp³-hybridized carbons (Fsp3) is 0.379. The van der Waals surface area contributed by atoms with E-state index in [0.29, 0.717) is 50.0 Å². The summed E-state index contributed by atoms with van der Waals surface area (Å²) in [5.41, 5.74) is 1.82. The van der Waals surface area contributed by atoms with Crippen molar-refractivity contribution in [1.82, 2.24) is 14.5 Å². The van der Waals surface area contributed by atoms with Gasteiger partial charge in [-0.25, -0.2) is 4.79 Å². The zero-order valence-corrected chi connectivity index (χ0v) is 20.6. The molecule has 1 aliphatic carbocycles. The molecule has 1 heterocycles. The number of nitrogens with zero attached hydrogens (tertiary/aromatic N) is 4. The molecular weight excluding hydrogens is 450 g/mol. The molecule has 184 valence electrons. The van der Waals surface area contributed by atoms with E-state index in [1.807, 2.05) is 48.5 Å². The van der Waals surface area contributed by atoms with Crippen LogP contribution in [0.5, 0.6) is 0 Å². The lowest BCUT2D eigenvalue weighted by molar-refractivity contribution is 0.293. The van der Waals surface area contributed by atoms with Gasteiger partial charge in [-0.05, 0) is 62.8 Å². The average molecular weight is 482 g/mol. The van der Waals surface area contributed by atoms with Crippen molar-refractivity contribution in [1.29, 1.82) is 10.5 Å². The molecule has 0 spiro atoms. The highest BCUT2D eigenvalue weighted by atomic mass is 16.2. The SMILES string of the molecule is Cc1cn(Cc2ccccc2)c(=O)n(CCCN[C@H]2CC[C@@](C#N)(c3ccccc3C#N)CC2)c1=O. The van der Waals surface area contributed by atoms with E-state index in [9.17, 15) is 20.1 Å². The molecule has 0 radical (unpaired) electrons. The van der Waals surface area contributed by atoms with E-state index in [-0.39, 0.29) is 17.3 Å². The highest BCUT2D eigenvalue weighted by molar-refractivity contribution is 5.46. The minimum absolute atomic E-state index is 0.239. The van der Waals surface area contributed by atoms with Crippen molar-refractivity contribution in [3.05, 3.63) is 104 Å². The van der Waals surface area contributed by atoms with Gasteiger partial charge >= 0.3 is 5.69 Å². The van der Waals surface area contributed by atoms with Gasteiger partial charge in [0.15, 0.2) is 0 Å². The van der Waals surface area contributed by atoms with Gasteiger partial charge in [-0.1, -0.05) is 48.5 Å². The summed E-state index contributed by atoms with van der Waals surface area (Å²) in [5, 5.41) is 23.0. The number of hydrogen-bond acceptors (Lipinski definition) is 5. The fourth-order valence-electron chi connectivity index (χ4n) is 5.19. The van der Waals surface area contributed by atoms with Gasteiger partial charge in [0.2, 0.25) is 0 Å². The third-order valence-corrected chi connectivity index (χ3v) is 7.21. The molecular formula is C29H31N5O2. The van der Waals surface area contributed by atoms with Crippen LogP contribution < -0.4 is 16.6 Å². The van der Waals surface area contributed by atoms with Crippen LogP contribution in [-0.4, -0.2) is 21.7 Å². The van der Waals surface area contributed by atoms with Gasteiger partial charge in [-0.2, -0.15) is 10.5 Å². The van der Waals surface area contributed by atoms with Crippen molar-refractivity contribution in [3.63, 3.8) is 0 Å². The van der Waals surface area contributed by atoms with E-state index in [1.54, 1.807) is 23.8 Å². The Morgan fingerprint density at radius 1 is 1.03 bits per heavy atom. The van der Waals surface area contributed by atoms with Crippen LogP contribution in [0.2, 0.25) is 0 Å². The molecule has 2 aromatic carbocycles. The molecule has 3 aromatic rings. The van der Waals surface area contributed by atoms with E-state index in [2.05, 4.69) is 17.5 Å². The second kappa shape index (κ2) is 11.2. The minimum Gasteiger partial charge on any atom is -0.314 e. The number of nitrogens with one attached hydrogen (secondary N) is 1. The Labute approximate surface area is 211 Å². The standard InChI is InChI=1S/C29H31N5O2/c1-22-19-33(20-23-8-3-2-4-9-23)28(36)34(27(22)35)17-7-16-32-25-12-14-29(21-31,15-13-25)26-11-6-5-10-24(26)18-30/h2-6,8-11,19,25,32H,7,12-17,20H2,1H3/t25-,29+. The molecule has 7 nitrogen and oxygen atoms in total. The molecule has 1 N–H and O–H groups in total. The first kappa shape index (κ1) is 25.2. The molecule has 0 atom stereocenters. The van der Waals surface area contributed by atoms with Crippen LogP contribution in [0.15, 0.2) is 70.4 Å². The zero-order valence-electron chi connectivity index (χ0n) is 20.6. The summed E-state index contributed by atoms with van der Waals surface area (Å²) in [4.78, 5) is 25.6. The molecule has 1 aromatic heterocycles. The van der Waals surface area contributed by atoms with Gasteiger partial charge in [0.25, 0.3) is 5.56 Å². The summed E-state index contributed by atoms with van der Waals surface area (Å²) in [7, 11) is 0. The second-order valence-electron chi connectivity index (χ2n) is 9.60. The van der Waals surface area contributed by atoms with Crippen LogP contribution in [0.4, 0.5) is 0 Å². The van der Waals surface area contributed by atoms with Crippen molar-refractivity contribution in [2.24, 2.45) is 0 Å². The largest absolute Gasteiger partial charge is 0.331 e. The number of rotatable bonds is 8. The van der Waals surface area contributed by atoms with Crippen LogP contribution in [-0.2, 0) is 18.5 Å². The summed E-state index contributed by atoms with van der Waals surface area (Å²) < 4.78 is 2.93. The highest BCUT2D eigenvalue weighted by Gasteiger charge is 2.38. The van der Waals surface area contributed by atoms with Crippen molar-refractivity contribution < 1.29 is 0 Å². The maximum absolute atomic E-state index is 13.0. The van der Waals surface area contributed by atoms with E-state index < -0.39 is 5.41 Å². The first-order valence-corrected chi connectivity index (χ1v) is 12.5. The van der Waals surface area contributed by atoms with Gasteiger partial charge in [-0.3, -0.25) is 13.9 Å². The van der Waals surface area contributed by atoms with Crippen LogP contribution >= 0.6 is 0 Å². The van der Waals surface area contributed by atoms with Crippen molar-refractivity contribution in [2.75, 3.05) is 6.54 Å². The Morgan fingerprint density at radius 2 is 1.72 bits per heavy atom. The smallest absolute Gasteiger partial charge is 0.314 e. The zero-order chi connectivity index (χ0) is 25.5. The first-order chi connectivity index (χ1) is 17.5. The molecule has 0 aliphatic heterocycles. The summed E-state index contributed by atoms with van der Waals surface area (Å²) in [6, 6.07) is 22.1. The van der Waals surface area contributed by atoms with E-state index in [1.165, 1.54) is 4.57 Å². The van der Waals surface area contributed by atoms with Crippen molar-refractivity contribution >= 4 is 0 Å². The fourth-order valence-corrected chi connectivity index (χ4v) is 5.19. The van der Waals surface area contributed by atoms with E-state index >= 15 is 0 Å². The van der Waals surface area contributed by atoms with Crippen LogP contribution in [0.3, 0.4) is 0 Å². The number of aryl methyl sites for hydroxylation is 1. The van der Waals surface area contributed by atoms with Gasteiger partial charge < -0.3 is 5.32 Å². The third-order valence-electron chi connectivity index (χ3n) is 7.21. The topological polar surface area (TPSA) is 104 Å². The molecule has 1 saturated carbocycles. The predicted octanol–water partition coefficient (Wildman–Crippen LogP) is 3.62. The summed E-state index contributed by atoms with van der Waals surface area (Å²) in [6.07, 6.45) is 5.35. The monoisotopic (exact) mass is 481 g/mol. The molecule has 0 bridgehead atoms. The molecule has 7 heteroatoms. The van der Waals surface area contributed by atoms with Gasteiger partial charge in [0.1, 0.15) is 0 Å². The maximum atomic E-state index is 13.0. The number of aromatic nitrogens is 2. The second-order valence-corrected chi connectivity index (χ2v) is 9.60. The van der Waals surface area contributed by atoms with E-state index in [4.69, 9.17) is 0 Å². The molecule has 36 heavy (non-hydrogen) atoms. The lowest BCUT2D eigenvalue weighted by atomic mass is 9.68. The number of benzene rings is 2. The maximum Gasteiger partial charge on any atom is 0.331 e. The Hall–Kier alpha value is -3.94. The molecule has 0 unspecified atom stereocenters. The lowest BCUT2D eigenvalue weighted by Gasteiger charge is -2.36. The first-order valence-electron chi connectivity index (χ1n) is 12.5. The summed E-state index contributed by atoms with van der Waals surface area (Å²) >= 11 is 0. The van der Waals surface area contributed by atoms with Crippen LogP contribution in [0, 0.1) is 29.6 Å². The van der Waals surface area contributed by atoms with Gasteiger partial charge in [0, 0.05) is 24.3 Å². The van der Waals surface area contributed by atoms with Crippen LogP contribution in [0.25, 0.3) is 0 Å². The molecule has 0 saturated heterocycles. The van der Waals surface area contributed by atoms with Crippen molar-refractivity contribution in [2.45, 2.75) is 63.6 Å². The number of hydrogen-bond donors (Lipinski definition) is 1. The number of nitriles is 2. The summed E-state index contributed by atoms with van der Waals surface area (Å²) in [5.74, 6) is 0. The lowest BCUT2D eigenvalue weighted by Crippen LogP contribution is -2.42. The Morgan fingerprint density at radius 3 is 2.42 bits per heavy atom. The Kier molecular flexibility index (Phi) is 7.83. The third kappa shape index (κ3) is 5.32. The molecule has 1 aliphatic rings. The molecule has 4 rings (SSSR count). The van der Waals surface area contributed by atoms with Gasteiger partial charge in [-0.15, -0.1) is 0 Å². The quantitative estimate of drug-likeness (QED) is 0.495. The van der Waals surface area contributed by atoms with Crippen LogP contribution in [0.1, 0.15) is 54.4 Å². The average Bonchev–Trinajstić information content (AvgIpc) is 2.92. The van der Waals surface area contributed by atoms with E-state index in [0.717, 1.165) is 24.0 Å². The van der Waals surface area contributed by atoms with Gasteiger partial charge in [0.05, 0.1) is 29.7 Å². The Balaban J connectivity index is 1.34. The highest BCUT2D eigenvalue weighted by Crippen LogP contribution is 2.40. The minimum atomic E-state index is -0.622. The molecule has 1 fully saturated rings.